The van der Waals surface area contributed by atoms with Crippen LogP contribution in [0.15, 0.2) is 89.2 Å². The molecule has 2 aromatic heterocycles. The Balaban J connectivity index is 1.84. The van der Waals surface area contributed by atoms with Crippen LogP contribution in [0, 0.1) is 0 Å². The molecule has 26 heavy (non-hydrogen) atoms. The number of ether oxygens (including phenoxy) is 1. The number of pyridine rings is 1. The van der Waals surface area contributed by atoms with Crippen molar-refractivity contribution in [2.75, 3.05) is 6.61 Å². The van der Waals surface area contributed by atoms with E-state index in [1.165, 1.54) is 0 Å². The Hall–Kier alpha value is -3.47. The lowest BCUT2D eigenvalue weighted by molar-refractivity contribution is 0.341. The monoisotopic (exact) mass is 342 g/mol. The van der Waals surface area contributed by atoms with Gasteiger partial charge in [0.1, 0.15) is 22.8 Å². The highest BCUT2D eigenvalue weighted by atomic mass is 16.5. The molecule has 0 saturated heterocycles. The average molecular weight is 342 g/mol. The largest absolute Gasteiger partial charge is 0.492 e. The van der Waals surface area contributed by atoms with Crippen LogP contribution in [0.25, 0.3) is 16.9 Å². The molecule has 2 heterocycles. The molecule has 0 aliphatic rings. The lowest BCUT2D eigenvalue weighted by Gasteiger charge is -2.05. The number of nitrogens with zero attached hydrogens (tertiary/aromatic N) is 4. The summed E-state index contributed by atoms with van der Waals surface area (Å²) in [6.45, 7) is 2.53. The van der Waals surface area contributed by atoms with Gasteiger partial charge >= 0.3 is 0 Å². The van der Waals surface area contributed by atoms with Crippen molar-refractivity contribution in [3.05, 3.63) is 79.0 Å². The molecule has 4 aromatic rings. The van der Waals surface area contributed by atoms with Crippen LogP contribution in [0.1, 0.15) is 6.92 Å². The summed E-state index contributed by atoms with van der Waals surface area (Å²) in [5.74, 6) is 1.41. The molecular formula is C21H18N4O. The molecule has 0 N–H and O–H groups in total. The minimum atomic E-state index is 0.581. The molecule has 4 rings (SSSR count). The highest BCUT2D eigenvalue weighted by molar-refractivity contribution is 5.74. The fourth-order valence-electron chi connectivity index (χ4n) is 2.79. The zero-order chi connectivity index (χ0) is 17.8. The summed E-state index contributed by atoms with van der Waals surface area (Å²) in [6, 6.07) is 23.5. The third-order valence-electron chi connectivity index (χ3n) is 3.97. The van der Waals surface area contributed by atoms with E-state index in [4.69, 9.17) is 9.72 Å². The number of para-hydroxylation sites is 1. The highest BCUT2D eigenvalue weighted by Gasteiger charge is 2.13. The van der Waals surface area contributed by atoms with Gasteiger partial charge in [0.25, 0.3) is 0 Å². The Morgan fingerprint density at radius 1 is 0.885 bits per heavy atom. The van der Waals surface area contributed by atoms with Gasteiger partial charge in [-0.1, -0.05) is 48.5 Å². The molecule has 2 aromatic carbocycles. The van der Waals surface area contributed by atoms with Crippen molar-refractivity contribution >= 4 is 17.2 Å². The van der Waals surface area contributed by atoms with Crippen molar-refractivity contribution in [1.82, 2.24) is 9.38 Å². The Morgan fingerprint density at radius 2 is 1.65 bits per heavy atom. The summed E-state index contributed by atoms with van der Waals surface area (Å²) < 4.78 is 7.57. The van der Waals surface area contributed by atoms with Gasteiger partial charge in [0.2, 0.25) is 0 Å². The van der Waals surface area contributed by atoms with E-state index < -0.39 is 0 Å². The van der Waals surface area contributed by atoms with Gasteiger partial charge in [-0.05, 0) is 31.2 Å². The first-order valence-electron chi connectivity index (χ1n) is 8.53. The normalized spacial score (nSPS) is 11.3. The van der Waals surface area contributed by atoms with Crippen LogP contribution >= 0.6 is 0 Å². The molecule has 0 spiro atoms. The molecule has 0 aliphatic heterocycles. The number of hydrogen-bond acceptors (Lipinski definition) is 4. The van der Waals surface area contributed by atoms with Crippen LogP contribution in [0.5, 0.6) is 5.75 Å². The molecule has 0 radical (unpaired) electrons. The number of aromatic nitrogens is 2. The zero-order valence-corrected chi connectivity index (χ0v) is 14.4. The van der Waals surface area contributed by atoms with Crippen LogP contribution in [-0.2, 0) is 0 Å². The summed E-state index contributed by atoms with van der Waals surface area (Å²) >= 11 is 0. The maximum atomic E-state index is 5.63. The number of rotatable bonds is 5. The predicted octanol–water partition coefficient (Wildman–Crippen LogP) is 5.82. The molecule has 5 nitrogen and oxygen atoms in total. The van der Waals surface area contributed by atoms with Crippen LogP contribution in [0.2, 0.25) is 0 Å². The van der Waals surface area contributed by atoms with Gasteiger partial charge in [0.15, 0.2) is 5.82 Å². The molecule has 0 bridgehead atoms. The zero-order valence-electron chi connectivity index (χ0n) is 14.4. The molecule has 0 fully saturated rings. The molecule has 0 aliphatic carbocycles. The second-order valence-electron chi connectivity index (χ2n) is 5.68. The second kappa shape index (κ2) is 7.19. The third kappa shape index (κ3) is 3.07. The van der Waals surface area contributed by atoms with Crippen molar-refractivity contribution in [1.29, 1.82) is 0 Å². The summed E-state index contributed by atoms with van der Waals surface area (Å²) in [5.41, 5.74) is 3.33. The lowest BCUT2D eigenvalue weighted by atomic mass is 10.1. The van der Waals surface area contributed by atoms with Gasteiger partial charge in [0, 0.05) is 11.8 Å². The first kappa shape index (κ1) is 16.0. The number of imidazole rings is 1. The maximum Gasteiger partial charge on any atom is 0.187 e. The van der Waals surface area contributed by atoms with E-state index >= 15 is 0 Å². The number of hydrogen-bond donors (Lipinski definition) is 0. The topological polar surface area (TPSA) is 51.2 Å². The highest BCUT2D eigenvalue weighted by Crippen LogP contribution is 2.34. The van der Waals surface area contributed by atoms with E-state index in [1.807, 2.05) is 90.3 Å². The van der Waals surface area contributed by atoms with Crippen molar-refractivity contribution < 1.29 is 4.74 Å². The molecule has 0 atom stereocenters. The Morgan fingerprint density at radius 3 is 2.50 bits per heavy atom. The fraction of sp³-hybridized carbons (Fsp3) is 0.0952. The van der Waals surface area contributed by atoms with Crippen molar-refractivity contribution in [3.63, 3.8) is 0 Å². The minimum absolute atomic E-state index is 0.581. The molecule has 0 amide bonds. The minimum Gasteiger partial charge on any atom is -0.492 e. The Kier molecular flexibility index (Phi) is 4.43. The van der Waals surface area contributed by atoms with Crippen LogP contribution in [0.3, 0.4) is 0 Å². The average Bonchev–Trinajstić information content (AvgIpc) is 3.07. The van der Waals surface area contributed by atoms with E-state index in [2.05, 4.69) is 10.2 Å². The lowest BCUT2D eigenvalue weighted by Crippen LogP contribution is -1.90. The van der Waals surface area contributed by atoms with Gasteiger partial charge < -0.3 is 4.74 Å². The third-order valence-corrected chi connectivity index (χ3v) is 3.97. The van der Waals surface area contributed by atoms with Gasteiger partial charge in [-0.15, -0.1) is 10.2 Å². The number of benzene rings is 2. The Labute approximate surface area is 151 Å². The standard InChI is InChI=1S/C21H18N4O/c1-2-26-18-13-7-6-12-17(18)23-24-21-20(16-10-4-3-5-11-16)22-19-14-8-9-15-25(19)21/h3-15H,2H2,1H3. The van der Waals surface area contributed by atoms with Crippen LogP contribution in [0.4, 0.5) is 11.5 Å². The van der Waals surface area contributed by atoms with Gasteiger partial charge in [0.05, 0.1) is 6.61 Å². The van der Waals surface area contributed by atoms with E-state index in [1.54, 1.807) is 0 Å². The molecule has 5 heteroatoms. The number of azo groups is 1. The SMILES string of the molecule is CCOc1ccccc1N=Nc1c(-c2ccccc2)nc2ccccn12. The van der Waals surface area contributed by atoms with Crippen molar-refractivity contribution in [2.45, 2.75) is 6.92 Å². The fourth-order valence-corrected chi connectivity index (χ4v) is 2.79. The van der Waals surface area contributed by atoms with Crippen molar-refractivity contribution in [2.24, 2.45) is 10.2 Å². The van der Waals surface area contributed by atoms with Crippen LogP contribution < -0.4 is 4.74 Å². The van der Waals surface area contributed by atoms with E-state index in [-0.39, 0.29) is 0 Å². The maximum absolute atomic E-state index is 5.63. The summed E-state index contributed by atoms with van der Waals surface area (Å²) in [6.07, 6.45) is 1.94. The molecule has 0 unspecified atom stereocenters. The Bertz CT molecular complexity index is 1050. The molecule has 0 saturated carbocycles. The van der Waals surface area contributed by atoms with Crippen molar-refractivity contribution in [3.8, 4) is 17.0 Å². The first-order valence-corrected chi connectivity index (χ1v) is 8.53. The molecule has 128 valence electrons. The van der Waals surface area contributed by atoms with E-state index in [9.17, 15) is 0 Å². The summed E-state index contributed by atoms with van der Waals surface area (Å²) in [5, 5.41) is 8.97. The van der Waals surface area contributed by atoms with Gasteiger partial charge in [-0.2, -0.15) is 0 Å². The predicted molar refractivity (Wildman–Crippen MR) is 102 cm³/mol. The quantitative estimate of drug-likeness (QED) is 0.429. The molecular weight excluding hydrogens is 324 g/mol. The first-order chi connectivity index (χ1) is 12.9. The summed E-state index contributed by atoms with van der Waals surface area (Å²) in [7, 11) is 0. The second-order valence-corrected chi connectivity index (χ2v) is 5.68. The summed E-state index contributed by atoms with van der Waals surface area (Å²) in [4.78, 5) is 4.73. The number of fused-ring (bicyclic) bond motifs is 1. The van der Waals surface area contributed by atoms with E-state index in [0.717, 1.165) is 16.9 Å². The van der Waals surface area contributed by atoms with Gasteiger partial charge in [-0.3, -0.25) is 4.40 Å². The van der Waals surface area contributed by atoms with Gasteiger partial charge in [-0.25, -0.2) is 4.98 Å². The smallest absolute Gasteiger partial charge is 0.187 e. The van der Waals surface area contributed by atoms with E-state index in [0.29, 0.717) is 23.9 Å². The van der Waals surface area contributed by atoms with Crippen LogP contribution in [-0.4, -0.2) is 16.0 Å².